The van der Waals surface area contributed by atoms with Crippen molar-refractivity contribution in [1.29, 1.82) is 0 Å². The molecule has 0 spiro atoms. The third-order valence-electron chi connectivity index (χ3n) is 5.82. The first-order chi connectivity index (χ1) is 20.1. The Bertz CT molecular complexity index is 1390. The zero-order valence-electron chi connectivity index (χ0n) is 23.3. The normalized spacial score (nSPS) is 10.9. The number of aromatic nitrogens is 5. The van der Waals surface area contributed by atoms with E-state index in [2.05, 4.69) is 30.7 Å². The molecule has 1 aromatic carbocycles. The molecule has 4 aromatic rings. The number of rotatable bonds is 17. The summed E-state index contributed by atoms with van der Waals surface area (Å²) in [6.45, 7) is 5.84. The number of anilines is 2. The SMILES string of the molecule is CCOC(=O)CCCNc1nc(NCCc2ccc(OCCCC(=O)OCC)cc2)nc2nc(-c3ccco3)nn12. The van der Waals surface area contributed by atoms with E-state index in [0.717, 1.165) is 17.7 Å². The molecule has 4 rings (SSSR count). The summed E-state index contributed by atoms with van der Waals surface area (Å²) < 4.78 is 22.6. The Balaban J connectivity index is 1.33. The zero-order chi connectivity index (χ0) is 28.9. The monoisotopic (exact) mass is 565 g/mol. The molecule has 0 atom stereocenters. The summed E-state index contributed by atoms with van der Waals surface area (Å²) in [6, 6.07) is 11.3. The molecule has 0 saturated carbocycles. The number of nitrogens with zero attached hydrogens (tertiary/aromatic N) is 5. The van der Waals surface area contributed by atoms with Gasteiger partial charge in [0, 0.05) is 25.9 Å². The van der Waals surface area contributed by atoms with Gasteiger partial charge in [0.15, 0.2) is 5.76 Å². The van der Waals surface area contributed by atoms with E-state index in [0.29, 0.717) is 87.9 Å². The van der Waals surface area contributed by atoms with Crippen molar-refractivity contribution >= 4 is 29.6 Å². The minimum atomic E-state index is -0.237. The van der Waals surface area contributed by atoms with Crippen molar-refractivity contribution in [2.45, 2.75) is 46.0 Å². The van der Waals surface area contributed by atoms with E-state index in [-0.39, 0.29) is 11.9 Å². The smallest absolute Gasteiger partial charge is 0.305 e. The first-order valence-corrected chi connectivity index (χ1v) is 13.7. The largest absolute Gasteiger partial charge is 0.494 e. The minimum absolute atomic E-state index is 0.207. The zero-order valence-corrected chi connectivity index (χ0v) is 23.3. The molecular weight excluding hydrogens is 530 g/mol. The van der Waals surface area contributed by atoms with Gasteiger partial charge < -0.3 is 29.3 Å². The van der Waals surface area contributed by atoms with Crippen molar-refractivity contribution in [3.63, 3.8) is 0 Å². The molecular formula is C28H35N7O6. The molecule has 0 fully saturated rings. The van der Waals surface area contributed by atoms with Gasteiger partial charge in [-0.05, 0) is 62.9 Å². The number of nitrogens with one attached hydrogen (secondary N) is 2. The molecule has 218 valence electrons. The van der Waals surface area contributed by atoms with Gasteiger partial charge >= 0.3 is 11.9 Å². The highest BCUT2D eigenvalue weighted by atomic mass is 16.5. The first kappa shape index (κ1) is 29.3. The molecule has 0 bridgehead atoms. The maximum absolute atomic E-state index is 11.7. The van der Waals surface area contributed by atoms with Crippen LogP contribution in [0.5, 0.6) is 5.75 Å². The number of hydrogen-bond donors (Lipinski definition) is 2. The molecule has 13 nitrogen and oxygen atoms in total. The molecule has 0 radical (unpaired) electrons. The first-order valence-electron chi connectivity index (χ1n) is 13.7. The van der Waals surface area contributed by atoms with Crippen LogP contribution in [0.25, 0.3) is 17.4 Å². The van der Waals surface area contributed by atoms with Gasteiger partial charge in [-0.25, -0.2) is 0 Å². The van der Waals surface area contributed by atoms with E-state index in [1.807, 2.05) is 24.3 Å². The fourth-order valence-electron chi connectivity index (χ4n) is 3.87. The number of ether oxygens (including phenoxy) is 3. The van der Waals surface area contributed by atoms with Crippen LogP contribution >= 0.6 is 0 Å². The maximum Gasteiger partial charge on any atom is 0.305 e. The van der Waals surface area contributed by atoms with Crippen molar-refractivity contribution in [2.24, 2.45) is 0 Å². The van der Waals surface area contributed by atoms with Gasteiger partial charge in [-0.3, -0.25) is 9.59 Å². The van der Waals surface area contributed by atoms with E-state index in [1.165, 1.54) is 4.52 Å². The molecule has 3 aromatic heterocycles. The molecule has 0 amide bonds. The van der Waals surface area contributed by atoms with E-state index < -0.39 is 0 Å². The quantitative estimate of drug-likeness (QED) is 0.141. The number of fused-ring (bicyclic) bond motifs is 1. The number of carbonyl (C=O) groups is 2. The van der Waals surface area contributed by atoms with Crippen LogP contribution in [0.3, 0.4) is 0 Å². The van der Waals surface area contributed by atoms with Gasteiger partial charge in [0.05, 0.1) is 26.1 Å². The topological polar surface area (TPSA) is 155 Å². The summed E-state index contributed by atoms with van der Waals surface area (Å²) in [6.07, 6.45) is 4.09. The lowest BCUT2D eigenvalue weighted by Gasteiger charge is -2.10. The van der Waals surface area contributed by atoms with Crippen molar-refractivity contribution < 1.29 is 28.2 Å². The highest BCUT2D eigenvalue weighted by Gasteiger charge is 2.15. The summed E-state index contributed by atoms with van der Waals surface area (Å²) >= 11 is 0. The van der Waals surface area contributed by atoms with Crippen molar-refractivity contribution in [1.82, 2.24) is 24.6 Å². The molecule has 13 heteroatoms. The Morgan fingerprint density at radius 3 is 2.37 bits per heavy atom. The van der Waals surface area contributed by atoms with Crippen LogP contribution < -0.4 is 15.4 Å². The van der Waals surface area contributed by atoms with E-state index in [9.17, 15) is 9.59 Å². The third-order valence-corrected chi connectivity index (χ3v) is 5.82. The molecule has 0 saturated heterocycles. The van der Waals surface area contributed by atoms with Crippen LogP contribution in [0.2, 0.25) is 0 Å². The van der Waals surface area contributed by atoms with E-state index in [4.69, 9.17) is 18.6 Å². The standard InChI is InChI=1S/C28H35N7O6/c1-3-38-23(36)9-5-16-30-27-32-26(33-28-31-25(34-35(27)28)22-8-6-19-41-22)29-17-15-20-11-13-21(14-12-20)40-18-7-10-24(37)39-4-2/h6,8,11-14,19H,3-5,7,9-10,15-18H2,1-2H3,(H2,29,30,31,32,33,34). The molecule has 2 N–H and O–H groups in total. The predicted octanol–water partition coefficient (Wildman–Crippen LogP) is 3.91. The van der Waals surface area contributed by atoms with E-state index in [1.54, 1.807) is 32.2 Å². The van der Waals surface area contributed by atoms with Crippen molar-refractivity contribution in [3.05, 3.63) is 48.2 Å². The van der Waals surface area contributed by atoms with Crippen LogP contribution in [-0.4, -0.2) is 69.4 Å². The van der Waals surface area contributed by atoms with Gasteiger partial charge in [0.25, 0.3) is 5.78 Å². The van der Waals surface area contributed by atoms with Crippen LogP contribution in [0.4, 0.5) is 11.9 Å². The second kappa shape index (κ2) is 15.2. The van der Waals surface area contributed by atoms with Crippen LogP contribution in [0.15, 0.2) is 47.1 Å². The summed E-state index contributed by atoms with van der Waals surface area (Å²) in [7, 11) is 0. The third kappa shape index (κ3) is 8.92. The number of furan rings is 1. The van der Waals surface area contributed by atoms with Crippen molar-refractivity contribution in [3.8, 4) is 17.3 Å². The second-order valence-electron chi connectivity index (χ2n) is 8.91. The Kier molecular flexibility index (Phi) is 10.9. The fourth-order valence-corrected chi connectivity index (χ4v) is 3.87. The van der Waals surface area contributed by atoms with Crippen molar-refractivity contribution in [2.75, 3.05) is 43.5 Å². The highest BCUT2D eigenvalue weighted by molar-refractivity contribution is 5.69. The Labute approximate surface area is 237 Å². The van der Waals surface area contributed by atoms with Gasteiger partial charge in [-0.1, -0.05) is 12.1 Å². The average molecular weight is 566 g/mol. The number of esters is 2. The Morgan fingerprint density at radius 2 is 1.66 bits per heavy atom. The Morgan fingerprint density at radius 1 is 0.902 bits per heavy atom. The molecule has 0 unspecified atom stereocenters. The lowest BCUT2D eigenvalue weighted by molar-refractivity contribution is -0.144. The van der Waals surface area contributed by atoms with Crippen LogP contribution in [0.1, 0.15) is 45.1 Å². The minimum Gasteiger partial charge on any atom is -0.494 e. The summed E-state index contributed by atoms with van der Waals surface area (Å²) in [5.41, 5.74) is 1.11. The lowest BCUT2D eigenvalue weighted by Crippen LogP contribution is -2.15. The second-order valence-corrected chi connectivity index (χ2v) is 8.91. The average Bonchev–Trinajstić information content (AvgIpc) is 3.65. The van der Waals surface area contributed by atoms with E-state index >= 15 is 0 Å². The molecule has 3 heterocycles. The number of benzene rings is 1. The summed E-state index contributed by atoms with van der Waals surface area (Å²) in [4.78, 5) is 36.7. The predicted molar refractivity (Wildman–Crippen MR) is 151 cm³/mol. The van der Waals surface area contributed by atoms with Gasteiger partial charge in [-0.2, -0.15) is 19.5 Å². The maximum atomic E-state index is 11.7. The molecule has 0 aliphatic heterocycles. The number of carbonyl (C=O) groups excluding carboxylic acids is 2. The lowest BCUT2D eigenvalue weighted by atomic mass is 10.1. The van der Waals surface area contributed by atoms with Crippen LogP contribution in [-0.2, 0) is 25.5 Å². The van der Waals surface area contributed by atoms with Gasteiger partial charge in [0.1, 0.15) is 5.75 Å². The van der Waals surface area contributed by atoms with Gasteiger partial charge in [0.2, 0.25) is 17.7 Å². The summed E-state index contributed by atoms with van der Waals surface area (Å²) in [5.74, 6) is 2.40. The highest BCUT2D eigenvalue weighted by Crippen LogP contribution is 2.19. The summed E-state index contributed by atoms with van der Waals surface area (Å²) in [5, 5.41) is 11.0. The molecule has 41 heavy (non-hydrogen) atoms. The van der Waals surface area contributed by atoms with Gasteiger partial charge in [-0.15, -0.1) is 5.10 Å². The van der Waals surface area contributed by atoms with Crippen LogP contribution in [0, 0.1) is 0 Å². The molecule has 0 aliphatic rings. The fraction of sp³-hybridized carbons (Fsp3) is 0.429. The Hall–Kier alpha value is -4.68. The number of hydrogen-bond acceptors (Lipinski definition) is 12. The molecule has 0 aliphatic carbocycles.